The van der Waals surface area contributed by atoms with Crippen LogP contribution in [0.5, 0.6) is 0 Å². The predicted octanol–water partition coefficient (Wildman–Crippen LogP) is 3.75. The van der Waals surface area contributed by atoms with Gasteiger partial charge in [0, 0.05) is 18.1 Å². The minimum absolute atomic E-state index is 0.177. The minimum Gasteiger partial charge on any atom is -0.333 e. The molecule has 1 aliphatic heterocycles. The zero-order chi connectivity index (χ0) is 14.7. The molecule has 110 valence electrons. The van der Waals surface area contributed by atoms with Crippen LogP contribution < -0.4 is 0 Å². The van der Waals surface area contributed by atoms with Gasteiger partial charge in [-0.15, -0.1) is 11.3 Å². The predicted molar refractivity (Wildman–Crippen MR) is 85.3 cm³/mol. The first-order chi connectivity index (χ1) is 10.2. The molecule has 0 saturated carbocycles. The number of benzene rings is 1. The summed E-state index contributed by atoms with van der Waals surface area (Å²) in [6, 6.07) is 8.41. The number of piperidine rings is 1. The topological polar surface area (TPSA) is 33.2 Å². The summed E-state index contributed by atoms with van der Waals surface area (Å²) in [7, 11) is 0. The zero-order valence-corrected chi connectivity index (χ0v) is 13.1. The van der Waals surface area contributed by atoms with E-state index < -0.39 is 0 Å². The van der Waals surface area contributed by atoms with E-state index in [1.54, 1.807) is 11.3 Å². The van der Waals surface area contributed by atoms with Gasteiger partial charge in [-0.3, -0.25) is 4.79 Å². The van der Waals surface area contributed by atoms with Crippen LogP contribution in [0.15, 0.2) is 35.8 Å². The van der Waals surface area contributed by atoms with Crippen LogP contribution >= 0.6 is 11.3 Å². The van der Waals surface area contributed by atoms with Gasteiger partial charge < -0.3 is 4.90 Å². The summed E-state index contributed by atoms with van der Waals surface area (Å²) in [5.74, 6) is 0.221. The normalized spacial score (nSPS) is 18.7. The van der Waals surface area contributed by atoms with Gasteiger partial charge in [0.1, 0.15) is 5.01 Å². The van der Waals surface area contributed by atoms with Gasteiger partial charge in [-0.25, -0.2) is 4.98 Å². The Kier molecular flexibility index (Phi) is 4.34. The Morgan fingerprint density at radius 2 is 2.14 bits per heavy atom. The van der Waals surface area contributed by atoms with Gasteiger partial charge in [-0.2, -0.15) is 0 Å². The first kappa shape index (κ1) is 14.3. The van der Waals surface area contributed by atoms with Crippen molar-refractivity contribution in [2.45, 2.75) is 38.6 Å². The average Bonchev–Trinajstić information content (AvgIpc) is 3.04. The van der Waals surface area contributed by atoms with Gasteiger partial charge in [0.25, 0.3) is 0 Å². The number of hydrogen-bond donors (Lipinski definition) is 0. The molecule has 0 radical (unpaired) electrons. The van der Waals surface area contributed by atoms with E-state index in [1.807, 2.05) is 16.5 Å². The molecule has 0 aliphatic carbocycles. The molecule has 1 aromatic carbocycles. The van der Waals surface area contributed by atoms with Crippen molar-refractivity contribution < 1.29 is 4.79 Å². The molecule has 2 aromatic rings. The van der Waals surface area contributed by atoms with Gasteiger partial charge in [-0.1, -0.05) is 29.8 Å². The number of likely N-dealkylation sites (tertiary alicyclic amines) is 1. The van der Waals surface area contributed by atoms with E-state index in [0.717, 1.165) is 30.0 Å². The summed E-state index contributed by atoms with van der Waals surface area (Å²) in [4.78, 5) is 19.1. The van der Waals surface area contributed by atoms with Crippen molar-refractivity contribution in [3.8, 4) is 0 Å². The van der Waals surface area contributed by atoms with Crippen molar-refractivity contribution in [2.75, 3.05) is 6.54 Å². The summed E-state index contributed by atoms with van der Waals surface area (Å²) >= 11 is 1.65. The van der Waals surface area contributed by atoms with E-state index >= 15 is 0 Å². The number of carbonyl (C=O) groups excluding carboxylic acids is 1. The molecule has 1 saturated heterocycles. The Balaban J connectivity index is 1.73. The van der Waals surface area contributed by atoms with Crippen molar-refractivity contribution in [3.05, 3.63) is 52.0 Å². The summed E-state index contributed by atoms with van der Waals surface area (Å²) in [5.41, 5.74) is 2.32. The summed E-state index contributed by atoms with van der Waals surface area (Å²) in [6.07, 6.45) is 5.63. The number of carbonyl (C=O) groups is 1. The second-order valence-corrected chi connectivity index (χ2v) is 6.56. The van der Waals surface area contributed by atoms with Gasteiger partial charge >= 0.3 is 0 Å². The quantitative estimate of drug-likeness (QED) is 0.865. The first-order valence-corrected chi connectivity index (χ1v) is 8.36. The molecule has 1 aromatic heterocycles. The average molecular weight is 300 g/mol. The van der Waals surface area contributed by atoms with E-state index in [9.17, 15) is 4.79 Å². The molecule has 1 atom stereocenters. The fourth-order valence-corrected chi connectivity index (χ4v) is 3.65. The number of hydrogen-bond acceptors (Lipinski definition) is 3. The highest BCUT2D eigenvalue weighted by Crippen LogP contribution is 2.32. The third-order valence-corrected chi connectivity index (χ3v) is 4.91. The van der Waals surface area contributed by atoms with Crippen LogP contribution in [0, 0.1) is 6.92 Å². The highest BCUT2D eigenvalue weighted by Gasteiger charge is 2.29. The second-order valence-electron chi connectivity index (χ2n) is 5.63. The highest BCUT2D eigenvalue weighted by atomic mass is 32.1. The van der Waals surface area contributed by atoms with Crippen LogP contribution in [-0.2, 0) is 11.2 Å². The molecule has 3 nitrogen and oxygen atoms in total. The molecular weight excluding hydrogens is 280 g/mol. The Morgan fingerprint density at radius 3 is 2.86 bits per heavy atom. The number of thiazole rings is 1. The number of aryl methyl sites for hydroxylation is 1. The molecule has 21 heavy (non-hydrogen) atoms. The van der Waals surface area contributed by atoms with Crippen LogP contribution in [0.25, 0.3) is 0 Å². The fourth-order valence-electron chi connectivity index (χ4n) is 2.87. The lowest BCUT2D eigenvalue weighted by Crippen LogP contribution is -2.39. The van der Waals surface area contributed by atoms with Crippen molar-refractivity contribution >= 4 is 17.2 Å². The SMILES string of the molecule is Cc1ccc(CC(=O)N2CCCC[C@@H]2c2nccs2)cc1. The maximum atomic E-state index is 12.7. The van der Waals surface area contributed by atoms with Crippen molar-refractivity contribution in [1.29, 1.82) is 0 Å². The van der Waals surface area contributed by atoms with Gasteiger partial charge in [0.05, 0.1) is 12.5 Å². The fraction of sp³-hybridized carbons (Fsp3) is 0.412. The third-order valence-electron chi connectivity index (χ3n) is 4.04. The first-order valence-electron chi connectivity index (χ1n) is 7.48. The van der Waals surface area contributed by atoms with E-state index in [0.29, 0.717) is 6.42 Å². The van der Waals surface area contributed by atoms with Crippen LogP contribution in [0.4, 0.5) is 0 Å². The number of rotatable bonds is 3. The van der Waals surface area contributed by atoms with Gasteiger partial charge in [-0.05, 0) is 31.7 Å². The van der Waals surface area contributed by atoms with Gasteiger partial charge in [0.2, 0.25) is 5.91 Å². The van der Waals surface area contributed by atoms with Crippen LogP contribution in [0.1, 0.15) is 41.4 Å². The maximum Gasteiger partial charge on any atom is 0.227 e. The molecule has 1 fully saturated rings. The third kappa shape index (κ3) is 3.32. The molecule has 4 heteroatoms. The zero-order valence-electron chi connectivity index (χ0n) is 12.3. The molecule has 0 spiro atoms. The maximum absolute atomic E-state index is 12.7. The highest BCUT2D eigenvalue weighted by molar-refractivity contribution is 7.09. The monoisotopic (exact) mass is 300 g/mol. The molecule has 1 aliphatic rings. The molecule has 3 rings (SSSR count). The summed E-state index contributed by atoms with van der Waals surface area (Å²) < 4.78 is 0. The lowest BCUT2D eigenvalue weighted by Gasteiger charge is -2.34. The lowest BCUT2D eigenvalue weighted by molar-refractivity contribution is -0.134. The molecule has 0 bridgehead atoms. The molecule has 0 N–H and O–H groups in total. The van der Waals surface area contributed by atoms with Crippen molar-refractivity contribution in [2.24, 2.45) is 0 Å². The smallest absolute Gasteiger partial charge is 0.227 e. The van der Waals surface area contributed by atoms with E-state index in [1.165, 1.54) is 12.0 Å². The van der Waals surface area contributed by atoms with Crippen molar-refractivity contribution in [3.63, 3.8) is 0 Å². The Labute approximate surface area is 129 Å². The minimum atomic E-state index is 0.177. The van der Waals surface area contributed by atoms with Crippen LogP contribution in [0.3, 0.4) is 0 Å². The van der Waals surface area contributed by atoms with E-state index in [-0.39, 0.29) is 11.9 Å². The molecular formula is C17H20N2OS. The standard InChI is InChI=1S/C17H20N2OS/c1-13-5-7-14(8-6-13)12-16(20)19-10-3-2-4-15(19)17-18-9-11-21-17/h5-9,11,15H,2-4,10,12H2,1H3/t15-/m1/s1. The molecule has 0 unspecified atom stereocenters. The van der Waals surface area contributed by atoms with E-state index in [2.05, 4.69) is 36.2 Å². The Morgan fingerprint density at radius 1 is 1.33 bits per heavy atom. The van der Waals surface area contributed by atoms with E-state index in [4.69, 9.17) is 0 Å². The lowest BCUT2D eigenvalue weighted by atomic mass is 10.0. The summed E-state index contributed by atoms with van der Waals surface area (Å²) in [6.45, 7) is 2.92. The second kappa shape index (κ2) is 6.39. The number of aromatic nitrogens is 1. The molecule has 1 amide bonds. The van der Waals surface area contributed by atoms with Crippen LogP contribution in [-0.4, -0.2) is 22.3 Å². The summed E-state index contributed by atoms with van der Waals surface area (Å²) in [5, 5.41) is 3.07. The number of nitrogens with zero attached hydrogens (tertiary/aromatic N) is 2. The van der Waals surface area contributed by atoms with Gasteiger partial charge in [0.15, 0.2) is 0 Å². The van der Waals surface area contributed by atoms with Crippen LogP contribution in [0.2, 0.25) is 0 Å². The largest absolute Gasteiger partial charge is 0.333 e. The molecule has 2 heterocycles. The Hall–Kier alpha value is -1.68. The van der Waals surface area contributed by atoms with Crippen molar-refractivity contribution in [1.82, 2.24) is 9.88 Å². The Bertz CT molecular complexity index is 592. The number of amides is 1.